The molecule has 168 valence electrons. The Morgan fingerprint density at radius 2 is 1.71 bits per heavy atom. The fourth-order valence-corrected chi connectivity index (χ4v) is 5.03. The molecule has 0 unspecified atom stereocenters. The van der Waals surface area contributed by atoms with Gasteiger partial charge in [-0.05, 0) is 87.2 Å². The number of urea groups is 1. The van der Waals surface area contributed by atoms with Gasteiger partial charge in [-0.1, -0.05) is 13.8 Å². The van der Waals surface area contributed by atoms with Crippen LogP contribution in [-0.4, -0.2) is 42.2 Å². The molecule has 1 aromatic carbocycles. The van der Waals surface area contributed by atoms with E-state index in [1.165, 1.54) is 5.56 Å². The van der Waals surface area contributed by atoms with Crippen molar-refractivity contribution < 1.29 is 4.79 Å². The Balaban J connectivity index is 1.50. The van der Waals surface area contributed by atoms with E-state index in [0.717, 1.165) is 46.1 Å². The Kier molecular flexibility index (Phi) is 8.16. The van der Waals surface area contributed by atoms with Crippen LogP contribution >= 0.6 is 31.9 Å². The van der Waals surface area contributed by atoms with E-state index in [0.29, 0.717) is 17.9 Å². The molecular weight excluding hydrogens is 524 g/mol. The summed E-state index contributed by atoms with van der Waals surface area (Å²) in [6.45, 7) is 4.29. The lowest BCUT2D eigenvalue weighted by molar-refractivity contribution is 0.243. The highest BCUT2D eigenvalue weighted by molar-refractivity contribution is 9.11. The molecule has 3 N–H and O–H groups in total. The van der Waals surface area contributed by atoms with Gasteiger partial charge in [-0.25, -0.2) is 9.78 Å². The minimum absolute atomic E-state index is 0.152. The lowest BCUT2D eigenvalue weighted by Gasteiger charge is -2.30. The predicted octanol–water partition coefficient (Wildman–Crippen LogP) is 5.74. The average molecular weight is 554 g/mol. The molecule has 1 aliphatic rings. The minimum atomic E-state index is -0.183. The molecule has 0 aliphatic heterocycles. The fraction of sp³-hybridized carbons (Fsp3) is 0.500. The molecular formula is C22H30Br2N6O. The fourth-order valence-electron chi connectivity index (χ4n) is 3.61. The third-order valence-electron chi connectivity index (χ3n) is 5.46. The van der Waals surface area contributed by atoms with Crippen molar-refractivity contribution in [1.29, 1.82) is 0 Å². The van der Waals surface area contributed by atoms with Gasteiger partial charge in [0.05, 0.1) is 5.69 Å². The number of benzene rings is 1. The van der Waals surface area contributed by atoms with E-state index in [-0.39, 0.29) is 12.1 Å². The quantitative estimate of drug-likeness (QED) is 0.425. The summed E-state index contributed by atoms with van der Waals surface area (Å²) in [7, 11) is 3.92. The van der Waals surface area contributed by atoms with Crippen LogP contribution in [0.3, 0.4) is 0 Å². The van der Waals surface area contributed by atoms with Crippen molar-refractivity contribution in [2.45, 2.75) is 57.5 Å². The smallest absolute Gasteiger partial charge is 0.319 e. The highest BCUT2D eigenvalue weighted by atomic mass is 79.9. The standard InChI is InChI=1S/C22H30Br2N6O/c1-13(2)14-11-17(23)20(18(24)12-14)29-22(31)27-16-7-5-15(6-8-16)26-21-25-10-9-19(28-21)30(3)4/h9-13,15-16H,5-8H2,1-4H3,(H,25,26,28)(H2,27,29,31). The van der Waals surface area contributed by atoms with Crippen LogP contribution in [0.2, 0.25) is 0 Å². The molecule has 1 heterocycles. The van der Waals surface area contributed by atoms with Gasteiger partial charge in [0, 0.05) is 41.3 Å². The van der Waals surface area contributed by atoms with Crippen LogP contribution < -0.4 is 20.9 Å². The Morgan fingerprint density at radius 1 is 1.10 bits per heavy atom. The molecule has 0 saturated heterocycles. The Bertz CT molecular complexity index is 890. The van der Waals surface area contributed by atoms with Gasteiger partial charge >= 0.3 is 6.03 Å². The summed E-state index contributed by atoms with van der Waals surface area (Å²) in [5.41, 5.74) is 1.95. The van der Waals surface area contributed by atoms with Crippen molar-refractivity contribution in [2.75, 3.05) is 29.6 Å². The normalized spacial score (nSPS) is 18.5. The number of halogens is 2. The summed E-state index contributed by atoms with van der Waals surface area (Å²) < 4.78 is 1.74. The lowest BCUT2D eigenvalue weighted by atomic mass is 9.91. The number of amides is 2. The molecule has 9 heteroatoms. The van der Waals surface area contributed by atoms with E-state index < -0.39 is 0 Å². The first-order chi connectivity index (χ1) is 14.7. The van der Waals surface area contributed by atoms with Gasteiger partial charge < -0.3 is 20.9 Å². The molecule has 0 radical (unpaired) electrons. The molecule has 1 fully saturated rings. The minimum Gasteiger partial charge on any atom is -0.363 e. The van der Waals surface area contributed by atoms with Crippen LogP contribution in [0.4, 0.5) is 22.2 Å². The molecule has 2 aromatic rings. The van der Waals surface area contributed by atoms with Gasteiger partial charge in [-0.2, -0.15) is 4.98 Å². The van der Waals surface area contributed by atoms with Crippen molar-refractivity contribution >= 4 is 55.3 Å². The molecule has 7 nitrogen and oxygen atoms in total. The van der Waals surface area contributed by atoms with E-state index in [9.17, 15) is 4.79 Å². The van der Waals surface area contributed by atoms with Crippen molar-refractivity contribution in [3.8, 4) is 0 Å². The van der Waals surface area contributed by atoms with Crippen LogP contribution in [0, 0.1) is 0 Å². The maximum atomic E-state index is 12.6. The van der Waals surface area contributed by atoms with Gasteiger partial charge in [0.15, 0.2) is 0 Å². The number of nitrogens with zero attached hydrogens (tertiary/aromatic N) is 3. The van der Waals surface area contributed by atoms with Crippen LogP contribution in [0.15, 0.2) is 33.3 Å². The molecule has 1 aliphatic carbocycles. The molecule has 1 saturated carbocycles. The Morgan fingerprint density at radius 3 is 2.29 bits per heavy atom. The molecule has 0 spiro atoms. The highest BCUT2D eigenvalue weighted by Crippen LogP contribution is 2.34. The molecule has 2 amide bonds. The van der Waals surface area contributed by atoms with E-state index in [1.807, 2.05) is 25.1 Å². The average Bonchev–Trinajstić information content (AvgIpc) is 2.72. The van der Waals surface area contributed by atoms with Gasteiger partial charge in [-0.15, -0.1) is 0 Å². The number of hydrogen-bond acceptors (Lipinski definition) is 5. The third-order valence-corrected chi connectivity index (χ3v) is 6.72. The van der Waals surface area contributed by atoms with Crippen LogP contribution in [0.5, 0.6) is 0 Å². The first kappa shape index (κ1) is 23.8. The summed E-state index contributed by atoms with van der Waals surface area (Å²) in [4.78, 5) is 23.4. The molecule has 0 atom stereocenters. The zero-order valence-corrected chi connectivity index (χ0v) is 21.5. The largest absolute Gasteiger partial charge is 0.363 e. The first-order valence-corrected chi connectivity index (χ1v) is 12.1. The number of carbonyl (C=O) groups excluding carboxylic acids is 1. The molecule has 1 aromatic heterocycles. The monoisotopic (exact) mass is 552 g/mol. The van der Waals surface area contributed by atoms with Crippen molar-refractivity contribution in [2.24, 2.45) is 0 Å². The van der Waals surface area contributed by atoms with Crippen LogP contribution in [-0.2, 0) is 0 Å². The third kappa shape index (κ3) is 6.55. The second kappa shape index (κ2) is 10.6. The van der Waals surface area contributed by atoms with Crippen molar-refractivity contribution in [3.05, 3.63) is 38.9 Å². The first-order valence-electron chi connectivity index (χ1n) is 10.6. The van der Waals surface area contributed by atoms with E-state index in [4.69, 9.17) is 0 Å². The Hall–Kier alpha value is -1.87. The summed E-state index contributed by atoms with van der Waals surface area (Å²) in [6.07, 6.45) is 5.50. The highest BCUT2D eigenvalue weighted by Gasteiger charge is 2.23. The van der Waals surface area contributed by atoms with Crippen molar-refractivity contribution in [1.82, 2.24) is 15.3 Å². The molecule has 31 heavy (non-hydrogen) atoms. The number of aromatic nitrogens is 2. The second-order valence-corrected chi connectivity index (χ2v) is 10.1. The Labute approximate surface area is 201 Å². The SMILES string of the molecule is CC(C)c1cc(Br)c(NC(=O)NC2CCC(Nc3nccc(N(C)C)n3)CC2)c(Br)c1. The molecule has 3 rings (SSSR count). The number of carbonyl (C=O) groups is 1. The number of hydrogen-bond donors (Lipinski definition) is 3. The van der Waals surface area contributed by atoms with Gasteiger partial charge in [0.2, 0.25) is 5.95 Å². The zero-order valence-electron chi connectivity index (χ0n) is 18.4. The summed E-state index contributed by atoms with van der Waals surface area (Å²) >= 11 is 7.16. The predicted molar refractivity (Wildman–Crippen MR) is 134 cm³/mol. The van der Waals surface area contributed by atoms with Gasteiger partial charge in [-0.3, -0.25) is 0 Å². The van der Waals surface area contributed by atoms with E-state index in [1.54, 1.807) is 6.20 Å². The van der Waals surface area contributed by atoms with Gasteiger partial charge in [0.25, 0.3) is 0 Å². The second-order valence-electron chi connectivity index (χ2n) is 8.44. The van der Waals surface area contributed by atoms with Crippen LogP contribution in [0.25, 0.3) is 0 Å². The summed E-state index contributed by atoms with van der Waals surface area (Å²) in [5, 5.41) is 9.52. The zero-order chi connectivity index (χ0) is 22.5. The van der Waals surface area contributed by atoms with E-state index >= 15 is 0 Å². The summed E-state index contributed by atoms with van der Waals surface area (Å²) in [5.74, 6) is 1.94. The number of nitrogens with one attached hydrogen (secondary N) is 3. The van der Waals surface area contributed by atoms with Gasteiger partial charge in [0.1, 0.15) is 5.82 Å². The number of anilines is 3. The van der Waals surface area contributed by atoms with Crippen molar-refractivity contribution in [3.63, 3.8) is 0 Å². The maximum absolute atomic E-state index is 12.6. The topological polar surface area (TPSA) is 82.2 Å². The summed E-state index contributed by atoms with van der Waals surface area (Å²) in [6, 6.07) is 6.27. The van der Waals surface area contributed by atoms with E-state index in [2.05, 4.69) is 83.8 Å². The van der Waals surface area contributed by atoms with Crippen LogP contribution in [0.1, 0.15) is 51.0 Å². The maximum Gasteiger partial charge on any atom is 0.319 e. The lowest BCUT2D eigenvalue weighted by Crippen LogP contribution is -2.42. The number of rotatable bonds is 6. The molecule has 0 bridgehead atoms.